The van der Waals surface area contributed by atoms with Crippen LogP contribution in [0.3, 0.4) is 0 Å². The van der Waals surface area contributed by atoms with Crippen molar-refractivity contribution in [3.63, 3.8) is 0 Å². The number of halogens is 3. The van der Waals surface area contributed by atoms with E-state index in [0.29, 0.717) is 10.6 Å². The monoisotopic (exact) mass is 356 g/mol. The maximum atomic E-state index is 13.3. The van der Waals surface area contributed by atoms with Crippen molar-refractivity contribution >= 4 is 23.5 Å². The second-order valence-electron chi connectivity index (χ2n) is 5.27. The minimum absolute atomic E-state index is 0.0495. The van der Waals surface area contributed by atoms with Crippen LogP contribution < -0.4 is 0 Å². The molecule has 0 bridgehead atoms. The third-order valence-electron chi connectivity index (χ3n) is 3.43. The van der Waals surface area contributed by atoms with Crippen LogP contribution in [0.25, 0.3) is 0 Å². The summed E-state index contributed by atoms with van der Waals surface area (Å²) in [5, 5.41) is 9.21. The fourth-order valence-electron chi connectivity index (χ4n) is 2.24. The molecule has 128 valence electrons. The quantitative estimate of drug-likeness (QED) is 0.865. The SMILES string of the molecule is Cn1cc(Cl)cc1C(=O)N(CCC(=O)O)Cc1ccc(F)c(F)c1. The van der Waals surface area contributed by atoms with Crippen molar-refractivity contribution in [1.29, 1.82) is 0 Å². The van der Waals surface area contributed by atoms with E-state index < -0.39 is 23.5 Å². The highest BCUT2D eigenvalue weighted by Crippen LogP contribution is 2.17. The van der Waals surface area contributed by atoms with Crippen molar-refractivity contribution in [2.45, 2.75) is 13.0 Å². The highest BCUT2D eigenvalue weighted by Gasteiger charge is 2.21. The van der Waals surface area contributed by atoms with Crippen molar-refractivity contribution < 1.29 is 23.5 Å². The Labute approximate surface area is 142 Å². The number of hydrogen-bond acceptors (Lipinski definition) is 2. The van der Waals surface area contributed by atoms with Gasteiger partial charge in [0.2, 0.25) is 0 Å². The van der Waals surface area contributed by atoms with Gasteiger partial charge in [0.25, 0.3) is 5.91 Å². The lowest BCUT2D eigenvalue weighted by molar-refractivity contribution is -0.137. The van der Waals surface area contributed by atoms with E-state index in [0.717, 1.165) is 12.1 Å². The minimum atomic E-state index is -1.07. The van der Waals surface area contributed by atoms with Crippen LogP contribution >= 0.6 is 11.6 Å². The zero-order chi connectivity index (χ0) is 17.9. The lowest BCUT2D eigenvalue weighted by Crippen LogP contribution is -2.33. The van der Waals surface area contributed by atoms with E-state index in [4.69, 9.17) is 16.7 Å². The molecule has 0 spiro atoms. The van der Waals surface area contributed by atoms with Crippen molar-refractivity contribution in [3.8, 4) is 0 Å². The normalized spacial score (nSPS) is 10.7. The number of rotatable bonds is 6. The predicted molar refractivity (Wildman–Crippen MR) is 83.8 cm³/mol. The van der Waals surface area contributed by atoms with Gasteiger partial charge in [0.1, 0.15) is 5.69 Å². The zero-order valence-corrected chi connectivity index (χ0v) is 13.6. The molecule has 1 amide bonds. The van der Waals surface area contributed by atoms with Gasteiger partial charge in [-0.2, -0.15) is 0 Å². The van der Waals surface area contributed by atoms with Crippen molar-refractivity contribution in [3.05, 3.63) is 58.4 Å². The van der Waals surface area contributed by atoms with Gasteiger partial charge >= 0.3 is 5.97 Å². The van der Waals surface area contributed by atoms with Gasteiger partial charge in [0.05, 0.1) is 11.4 Å². The molecule has 1 N–H and O–H groups in total. The Balaban J connectivity index is 2.26. The highest BCUT2D eigenvalue weighted by atomic mass is 35.5. The molecule has 8 heteroatoms. The molecule has 0 aliphatic heterocycles. The first kappa shape index (κ1) is 17.9. The minimum Gasteiger partial charge on any atom is -0.481 e. The molecule has 2 rings (SSSR count). The summed E-state index contributed by atoms with van der Waals surface area (Å²) in [7, 11) is 1.63. The number of aromatic nitrogens is 1. The van der Waals surface area contributed by atoms with Crippen LogP contribution in [0.15, 0.2) is 30.5 Å². The summed E-state index contributed by atoms with van der Waals surface area (Å²) < 4.78 is 27.9. The molecule has 24 heavy (non-hydrogen) atoms. The molecule has 2 aromatic rings. The van der Waals surface area contributed by atoms with Crippen LogP contribution in [-0.2, 0) is 18.4 Å². The first-order valence-electron chi connectivity index (χ1n) is 7.05. The first-order chi connectivity index (χ1) is 11.3. The lowest BCUT2D eigenvalue weighted by Gasteiger charge is -2.22. The van der Waals surface area contributed by atoms with Crippen LogP contribution in [-0.4, -0.2) is 33.0 Å². The lowest BCUT2D eigenvalue weighted by atomic mass is 10.2. The Kier molecular flexibility index (Phi) is 5.56. The second-order valence-corrected chi connectivity index (χ2v) is 5.71. The molecular weight excluding hydrogens is 342 g/mol. The second kappa shape index (κ2) is 7.44. The maximum absolute atomic E-state index is 13.3. The number of carboxylic acids is 1. The molecule has 1 aromatic carbocycles. The summed E-state index contributed by atoms with van der Waals surface area (Å²) in [6, 6.07) is 4.75. The van der Waals surface area contributed by atoms with E-state index >= 15 is 0 Å². The van der Waals surface area contributed by atoms with Gasteiger partial charge in [0.15, 0.2) is 11.6 Å². The van der Waals surface area contributed by atoms with Gasteiger partial charge in [-0.25, -0.2) is 8.78 Å². The molecule has 0 aliphatic rings. The number of carboxylic acid groups (broad SMARTS) is 1. The average molecular weight is 357 g/mol. The average Bonchev–Trinajstić information content (AvgIpc) is 2.85. The van der Waals surface area contributed by atoms with Crippen LogP contribution in [0.1, 0.15) is 22.5 Å². The number of hydrogen-bond donors (Lipinski definition) is 1. The van der Waals surface area contributed by atoms with Crippen LogP contribution in [0.5, 0.6) is 0 Å². The van der Waals surface area contributed by atoms with Crippen LogP contribution in [0, 0.1) is 11.6 Å². The first-order valence-corrected chi connectivity index (χ1v) is 7.42. The number of carbonyl (C=O) groups excluding carboxylic acids is 1. The van der Waals surface area contributed by atoms with Gasteiger partial charge in [-0.15, -0.1) is 0 Å². The van der Waals surface area contributed by atoms with Gasteiger partial charge in [-0.3, -0.25) is 9.59 Å². The van der Waals surface area contributed by atoms with Crippen LogP contribution in [0.4, 0.5) is 8.78 Å². The van der Waals surface area contributed by atoms with Crippen molar-refractivity contribution in [2.75, 3.05) is 6.54 Å². The van der Waals surface area contributed by atoms with E-state index in [1.807, 2.05) is 0 Å². The molecule has 0 unspecified atom stereocenters. The molecule has 1 heterocycles. The Morgan fingerprint density at radius 2 is 1.96 bits per heavy atom. The fourth-order valence-corrected chi connectivity index (χ4v) is 2.49. The van der Waals surface area contributed by atoms with Gasteiger partial charge in [-0.05, 0) is 23.8 Å². The molecule has 0 aliphatic carbocycles. The van der Waals surface area contributed by atoms with Crippen molar-refractivity contribution in [2.24, 2.45) is 7.05 Å². The summed E-state index contributed by atoms with van der Waals surface area (Å²) in [6.45, 7) is -0.123. The topological polar surface area (TPSA) is 62.5 Å². The summed E-state index contributed by atoms with van der Waals surface area (Å²) >= 11 is 5.86. The predicted octanol–water partition coefficient (Wildman–Crippen LogP) is 3.07. The highest BCUT2D eigenvalue weighted by molar-refractivity contribution is 6.31. The zero-order valence-electron chi connectivity index (χ0n) is 12.8. The molecule has 0 saturated heterocycles. The standard InChI is InChI=1S/C16H15ClF2N2O3/c1-20-9-11(17)7-14(20)16(24)21(5-4-15(22)23)8-10-2-3-12(18)13(19)6-10/h2-3,6-7,9H,4-5,8H2,1H3,(H,22,23). The molecule has 0 saturated carbocycles. The molecular formula is C16H15ClF2N2O3. The third kappa shape index (κ3) is 4.32. The largest absolute Gasteiger partial charge is 0.481 e. The Morgan fingerprint density at radius 1 is 1.25 bits per heavy atom. The Hall–Kier alpha value is -2.41. The maximum Gasteiger partial charge on any atom is 0.305 e. The molecule has 0 atom stereocenters. The summed E-state index contributed by atoms with van der Waals surface area (Å²) in [5.41, 5.74) is 0.626. The van der Waals surface area contributed by atoms with E-state index in [1.165, 1.54) is 21.6 Å². The fraction of sp³-hybridized carbons (Fsp3) is 0.250. The van der Waals surface area contributed by atoms with Crippen molar-refractivity contribution in [1.82, 2.24) is 9.47 Å². The summed E-state index contributed by atoms with van der Waals surface area (Å²) in [5.74, 6) is -3.53. The number of amides is 1. The van der Waals surface area contributed by atoms with E-state index in [2.05, 4.69) is 0 Å². The molecule has 0 radical (unpaired) electrons. The van der Waals surface area contributed by atoms with Crippen LogP contribution in [0.2, 0.25) is 5.02 Å². The number of aryl methyl sites for hydroxylation is 1. The number of aliphatic carboxylic acids is 1. The number of carbonyl (C=O) groups is 2. The third-order valence-corrected chi connectivity index (χ3v) is 3.64. The summed E-state index contributed by atoms with van der Waals surface area (Å²) in [4.78, 5) is 24.7. The smallest absolute Gasteiger partial charge is 0.305 e. The van der Waals surface area contributed by atoms with E-state index in [9.17, 15) is 18.4 Å². The Bertz CT molecular complexity index is 777. The number of benzene rings is 1. The molecule has 0 fully saturated rings. The van der Waals surface area contributed by atoms with Gasteiger partial charge in [0, 0.05) is 26.3 Å². The number of nitrogens with zero attached hydrogens (tertiary/aromatic N) is 2. The van der Waals surface area contributed by atoms with Gasteiger partial charge in [-0.1, -0.05) is 17.7 Å². The molecule has 5 nitrogen and oxygen atoms in total. The Morgan fingerprint density at radius 3 is 2.50 bits per heavy atom. The summed E-state index contributed by atoms with van der Waals surface area (Å²) in [6.07, 6.45) is 1.27. The molecule has 1 aromatic heterocycles. The van der Waals surface area contributed by atoms with E-state index in [1.54, 1.807) is 13.2 Å². The van der Waals surface area contributed by atoms with Gasteiger partial charge < -0.3 is 14.6 Å². The van der Waals surface area contributed by atoms with E-state index in [-0.39, 0.29) is 25.2 Å².